The predicted octanol–water partition coefficient (Wildman–Crippen LogP) is 2.35. The summed E-state index contributed by atoms with van der Waals surface area (Å²) in [4.78, 5) is 87.5. The summed E-state index contributed by atoms with van der Waals surface area (Å²) in [6.07, 6.45) is 2.64. The van der Waals surface area contributed by atoms with E-state index in [-0.39, 0.29) is 73.9 Å². The molecule has 0 spiro atoms. The molecule has 1 aromatic carbocycles. The molecule has 0 radical (unpaired) electrons. The van der Waals surface area contributed by atoms with E-state index in [9.17, 15) is 33.6 Å². The van der Waals surface area contributed by atoms with Gasteiger partial charge in [-0.3, -0.25) is 33.7 Å². The lowest BCUT2D eigenvalue weighted by molar-refractivity contribution is -0.148. The van der Waals surface area contributed by atoms with Gasteiger partial charge < -0.3 is 31.7 Å². The molecule has 1 fully saturated rings. The van der Waals surface area contributed by atoms with Crippen LogP contribution in [0.2, 0.25) is 0 Å². The predicted molar refractivity (Wildman–Crippen MR) is 174 cm³/mol. The van der Waals surface area contributed by atoms with Crippen LogP contribution in [0.15, 0.2) is 24.3 Å². The molecule has 6 N–H and O–H groups in total. The van der Waals surface area contributed by atoms with Crippen molar-refractivity contribution in [2.75, 3.05) is 18.4 Å². The van der Waals surface area contributed by atoms with Crippen molar-refractivity contribution >= 4 is 47.2 Å². The summed E-state index contributed by atoms with van der Waals surface area (Å²) in [6.45, 7) is 9.40. The summed E-state index contributed by atoms with van der Waals surface area (Å²) in [5.74, 6) is -2.81. The molecule has 1 aliphatic rings. The van der Waals surface area contributed by atoms with E-state index >= 15 is 0 Å². The second kappa shape index (κ2) is 19.2. The highest BCUT2D eigenvalue weighted by molar-refractivity contribution is 6.03. The molecule has 0 saturated carbocycles. The van der Waals surface area contributed by atoms with Crippen LogP contribution < -0.4 is 27.0 Å². The Hall–Kier alpha value is -4.49. The van der Waals surface area contributed by atoms with Gasteiger partial charge in [0.25, 0.3) is 0 Å². The van der Waals surface area contributed by atoms with Crippen molar-refractivity contribution < 1.29 is 38.3 Å². The largest absolute Gasteiger partial charge is 0.461 e. The third-order valence-electron chi connectivity index (χ3n) is 7.70. The van der Waals surface area contributed by atoms with Crippen LogP contribution in [0.4, 0.5) is 10.5 Å². The summed E-state index contributed by atoms with van der Waals surface area (Å²) < 4.78 is 5.23. The van der Waals surface area contributed by atoms with E-state index in [0.717, 1.165) is 5.56 Å². The number of imide groups is 1. The van der Waals surface area contributed by atoms with Gasteiger partial charge in [-0.15, -0.1) is 0 Å². The molecule has 1 heterocycles. The lowest BCUT2D eigenvalue weighted by Crippen LogP contribution is -2.54. The number of carbonyl (C=O) groups excluding carboxylic acids is 7. The zero-order valence-electron chi connectivity index (χ0n) is 28.1. The van der Waals surface area contributed by atoms with Crippen molar-refractivity contribution in [1.82, 2.24) is 20.9 Å². The number of ether oxygens (including phenoxy) is 1. The minimum atomic E-state index is -0.985. The number of carbonyl (C=O) groups is 7. The summed E-state index contributed by atoms with van der Waals surface area (Å²) in [5, 5.41) is 10.8. The van der Waals surface area contributed by atoms with E-state index in [1.54, 1.807) is 58.9 Å². The molecule has 3 unspecified atom stereocenters. The first-order valence-electron chi connectivity index (χ1n) is 16.2. The normalized spacial score (nSPS) is 15.7. The van der Waals surface area contributed by atoms with Gasteiger partial charge in [0, 0.05) is 37.5 Å². The van der Waals surface area contributed by atoms with E-state index < -0.39 is 29.9 Å². The minimum absolute atomic E-state index is 0.0963. The van der Waals surface area contributed by atoms with Crippen molar-refractivity contribution in [3.05, 3.63) is 29.8 Å². The number of rotatable bonds is 19. The third kappa shape index (κ3) is 13.4. The number of amides is 7. The number of hydrogen-bond acceptors (Lipinski definition) is 8. The second-order valence-electron chi connectivity index (χ2n) is 12.5. The molecule has 7 amide bonds. The van der Waals surface area contributed by atoms with Gasteiger partial charge in [-0.1, -0.05) is 53.2 Å². The number of benzene rings is 1. The number of urea groups is 1. The van der Waals surface area contributed by atoms with Crippen LogP contribution in [0.3, 0.4) is 0 Å². The van der Waals surface area contributed by atoms with Crippen LogP contribution in [-0.2, 0) is 40.1 Å². The number of primary amides is 1. The van der Waals surface area contributed by atoms with Gasteiger partial charge in [0.15, 0.2) is 0 Å². The topological polar surface area (TPSA) is 206 Å². The Morgan fingerprint density at radius 2 is 1.62 bits per heavy atom. The van der Waals surface area contributed by atoms with Gasteiger partial charge in [-0.2, -0.15) is 0 Å². The molecule has 0 aliphatic carbocycles. The Morgan fingerprint density at radius 1 is 0.936 bits per heavy atom. The summed E-state index contributed by atoms with van der Waals surface area (Å²) in [7, 11) is 0. The molecule has 3 atom stereocenters. The summed E-state index contributed by atoms with van der Waals surface area (Å²) in [5.41, 5.74) is 6.34. The first-order valence-corrected chi connectivity index (χ1v) is 16.2. The first-order chi connectivity index (χ1) is 22.2. The lowest BCUT2D eigenvalue weighted by Gasteiger charge is -2.25. The Labute approximate surface area is 276 Å². The van der Waals surface area contributed by atoms with Crippen molar-refractivity contribution in [1.29, 1.82) is 0 Å². The molecular formula is C33H50N6O8. The van der Waals surface area contributed by atoms with E-state index in [2.05, 4.69) is 21.3 Å². The van der Waals surface area contributed by atoms with Crippen LogP contribution in [0.25, 0.3) is 0 Å². The fourth-order valence-electron chi connectivity index (χ4n) is 4.88. The zero-order valence-corrected chi connectivity index (χ0v) is 28.1. The molecule has 1 saturated heterocycles. The quantitative estimate of drug-likeness (QED) is 0.0845. The maximum Gasteiger partial charge on any atom is 0.312 e. The van der Waals surface area contributed by atoms with Crippen LogP contribution in [-0.4, -0.2) is 71.6 Å². The molecule has 14 heteroatoms. The molecule has 47 heavy (non-hydrogen) atoms. The van der Waals surface area contributed by atoms with Gasteiger partial charge in [0.1, 0.15) is 18.7 Å². The number of nitrogens with zero attached hydrogens (tertiary/aromatic N) is 1. The number of nitrogens with two attached hydrogens (primary N) is 1. The first kappa shape index (κ1) is 38.7. The van der Waals surface area contributed by atoms with Crippen LogP contribution in [0.5, 0.6) is 0 Å². The average Bonchev–Trinajstić information content (AvgIpc) is 3.25. The molecule has 2 rings (SSSR count). The Kier molecular flexibility index (Phi) is 15.8. The van der Waals surface area contributed by atoms with Gasteiger partial charge in [-0.05, 0) is 49.3 Å². The van der Waals surface area contributed by atoms with E-state index in [1.807, 2.05) is 0 Å². The van der Waals surface area contributed by atoms with Crippen molar-refractivity contribution in [3.63, 3.8) is 0 Å². The Morgan fingerprint density at radius 3 is 2.19 bits per heavy atom. The Bertz CT molecular complexity index is 1270. The Balaban J connectivity index is 1.94. The lowest BCUT2D eigenvalue weighted by atomic mass is 10.0. The number of hydrogen-bond donors (Lipinski definition) is 5. The number of likely N-dealkylation sites (tertiary alicyclic amines) is 1. The number of unbranched alkanes of at least 4 members (excludes halogenated alkanes) is 2. The minimum Gasteiger partial charge on any atom is -0.461 e. The standard InChI is InChI=1S/C33H50N6O8/c1-20(2)28(38-26(40)11-7-6-8-17-39-27(41)18-22(5)31(39)44)30(43)37-25(10-9-16-35-33(34)46)29(42)36-24-14-12-23(13-15-24)19-47-32(45)21(3)4/h12-15,20-22,25,28H,6-11,16-19H2,1-5H3,(H,36,42)(H,37,43)(H,38,40)(H3,34,35,46). The average molecular weight is 659 g/mol. The maximum absolute atomic E-state index is 13.4. The van der Waals surface area contributed by atoms with E-state index in [1.165, 1.54) is 4.90 Å². The van der Waals surface area contributed by atoms with Crippen LogP contribution in [0.1, 0.15) is 85.1 Å². The SMILES string of the molecule is CC(C)C(=O)OCc1ccc(NC(=O)C(CCCNC(N)=O)NC(=O)C(NC(=O)CCCCCN2C(=O)CC(C)C2=O)C(C)C)cc1. The number of esters is 1. The molecule has 1 aliphatic heterocycles. The van der Waals surface area contributed by atoms with Gasteiger partial charge in [-0.25, -0.2) is 4.79 Å². The fourth-order valence-corrected chi connectivity index (χ4v) is 4.88. The van der Waals surface area contributed by atoms with Crippen LogP contribution in [0, 0.1) is 17.8 Å². The smallest absolute Gasteiger partial charge is 0.312 e. The highest BCUT2D eigenvalue weighted by atomic mass is 16.5. The maximum atomic E-state index is 13.4. The van der Waals surface area contributed by atoms with Gasteiger partial charge in [0.2, 0.25) is 29.5 Å². The molecule has 0 bridgehead atoms. The van der Waals surface area contributed by atoms with Crippen molar-refractivity contribution in [3.8, 4) is 0 Å². The molecule has 0 aromatic heterocycles. The molecular weight excluding hydrogens is 608 g/mol. The summed E-state index contributed by atoms with van der Waals surface area (Å²) >= 11 is 0. The highest BCUT2D eigenvalue weighted by Gasteiger charge is 2.35. The van der Waals surface area contributed by atoms with Gasteiger partial charge >= 0.3 is 12.0 Å². The fraction of sp³-hybridized carbons (Fsp3) is 0.606. The molecule has 260 valence electrons. The monoisotopic (exact) mass is 658 g/mol. The third-order valence-corrected chi connectivity index (χ3v) is 7.70. The number of anilines is 1. The molecule has 1 aromatic rings. The van der Waals surface area contributed by atoms with E-state index in [4.69, 9.17) is 10.5 Å². The highest BCUT2D eigenvalue weighted by Crippen LogP contribution is 2.19. The van der Waals surface area contributed by atoms with Crippen LogP contribution >= 0.6 is 0 Å². The number of nitrogens with one attached hydrogen (secondary N) is 4. The second-order valence-corrected chi connectivity index (χ2v) is 12.5. The van der Waals surface area contributed by atoms with Crippen molar-refractivity contribution in [2.24, 2.45) is 23.5 Å². The molecule has 14 nitrogen and oxygen atoms in total. The van der Waals surface area contributed by atoms with Crippen molar-refractivity contribution in [2.45, 2.75) is 98.3 Å². The zero-order chi connectivity index (χ0) is 35.1. The van der Waals surface area contributed by atoms with E-state index in [0.29, 0.717) is 37.9 Å². The summed E-state index contributed by atoms with van der Waals surface area (Å²) in [6, 6.07) is 4.14. The van der Waals surface area contributed by atoms with Gasteiger partial charge in [0.05, 0.1) is 5.92 Å².